The van der Waals surface area contributed by atoms with Crippen molar-refractivity contribution in [1.29, 1.82) is 5.26 Å². The molecule has 0 aromatic carbocycles. The van der Waals surface area contributed by atoms with E-state index in [1.807, 2.05) is 6.08 Å². The molecule has 0 rings (SSSR count). The first-order valence-corrected chi connectivity index (χ1v) is 5.85. The van der Waals surface area contributed by atoms with Gasteiger partial charge in [0, 0.05) is 5.92 Å². The van der Waals surface area contributed by atoms with Crippen molar-refractivity contribution in [1.82, 2.24) is 0 Å². The van der Waals surface area contributed by atoms with Crippen molar-refractivity contribution < 1.29 is 0 Å². The van der Waals surface area contributed by atoms with Crippen LogP contribution in [-0.2, 0) is 0 Å². The van der Waals surface area contributed by atoms with E-state index in [1.54, 1.807) is 0 Å². The zero-order valence-electron chi connectivity index (χ0n) is 9.47. The van der Waals surface area contributed by atoms with Crippen LogP contribution >= 0.6 is 0 Å². The summed E-state index contributed by atoms with van der Waals surface area (Å²) in [6.45, 7) is 5.88. The average Bonchev–Trinajstić information content (AvgIpc) is 2.22. The molecule has 0 saturated heterocycles. The van der Waals surface area contributed by atoms with Crippen molar-refractivity contribution in [2.24, 2.45) is 5.92 Å². The third-order valence-electron chi connectivity index (χ3n) is 2.55. The van der Waals surface area contributed by atoms with E-state index in [4.69, 9.17) is 5.26 Å². The summed E-state index contributed by atoms with van der Waals surface area (Å²) < 4.78 is 0. The first-order chi connectivity index (χ1) is 6.85. The van der Waals surface area contributed by atoms with Crippen LogP contribution in [-0.4, -0.2) is 0 Å². The molecule has 0 aliphatic rings. The van der Waals surface area contributed by atoms with Gasteiger partial charge in [-0.2, -0.15) is 5.26 Å². The van der Waals surface area contributed by atoms with E-state index in [0.29, 0.717) is 5.92 Å². The SMILES string of the molecule is C=CCCCCCC(C#N)CCCC. The van der Waals surface area contributed by atoms with Gasteiger partial charge in [0.2, 0.25) is 0 Å². The van der Waals surface area contributed by atoms with E-state index in [2.05, 4.69) is 19.6 Å². The maximum atomic E-state index is 8.89. The van der Waals surface area contributed by atoms with E-state index in [0.717, 1.165) is 19.3 Å². The molecule has 0 heterocycles. The first kappa shape index (κ1) is 13.2. The molecule has 0 aliphatic carbocycles. The van der Waals surface area contributed by atoms with Crippen molar-refractivity contribution in [2.75, 3.05) is 0 Å². The van der Waals surface area contributed by atoms with Crippen LogP contribution in [0.5, 0.6) is 0 Å². The standard InChI is InChI=1S/C13H23N/c1-3-5-7-8-9-11-13(12-14)10-6-4-2/h3,13H,1,4-11H2,2H3. The molecule has 1 atom stereocenters. The summed E-state index contributed by atoms with van der Waals surface area (Å²) in [6, 6.07) is 2.41. The molecule has 0 bridgehead atoms. The van der Waals surface area contributed by atoms with Crippen LogP contribution in [0.4, 0.5) is 0 Å². The summed E-state index contributed by atoms with van der Waals surface area (Å²) in [5.74, 6) is 0.304. The third-order valence-corrected chi connectivity index (χ3v) is 2.55. The van der Waals surface area contributed by atoms with Gasteiger partial charge in [0.15, 0.2) is 0 Å². The predicted octanol–water partition coefficient (Wildman–Crippen LogP) is 4.45. The largest absolute Gasteiger partial charge is 0.198 e. The molecule has 0 fully saturated rings. The number of allylic oxidation sites excluding steroid dienone is 1. The Kier molecular flexibility index (Phi) is 9.74. The number of hydrogen-bond donors (Lipinski definition) is 0. The Morgan fingerprint density at radius 3 is 2.50 bits per heavy atom. The summed E-state index contributed by atoms with van der Waals surface area (Å²) in [6.07, 6.45) is 11.4. The fourth-order valence-electron chi connectivity index (χ4n) is 1.58. The molecule has 0 aromatic rings. The van der Waals surface area contributed by atoms with Crippen LogP contribution in [0.25, 0.3) is 0 Å². The van der Waals surface area contributed by atoms with Crippen LogP contribution in [0.1, 0.15) is 58.3 Å². The lowest BCUT2D eigenvalue weighted by Gasteiger charge is -2.07. The Balaban J connectivity index is 3.34. The zero-order valence-corrected chi connectivity index (χ0v) is 9.47. The van der Waals surface area contributed by atoms with E-state index < -0.39 is 0 Å². The van der Waals surface area contributed by atoms with Crippen molar-refractivity contribution in [3.05, 3.63) is 12.7 Å². The average molecular weight is 193 g/mol. The second kappa shape index (κ2) is 10.3. The second-order valence-electron chi connectivity index (χ2n) is 3.89. The topological polar surface area (TPSA) is 23.8 Å². The van der Waals surface area contributed by atoms with Crippen molar-refractivity contribution in [3.8, 4) is 6.07 Å². The number of hydrogen-bond acceptors (Lipinski definition) is 1. The molecule has 14 heavy (non-hydrogen) atoms. The molecular formula is C13H23N. The molecule has 0 amide bonds. The molecule has 0 N–H and O–H groups in total. The van der Waals surface area contributed by atoms with Crippen molar-refractivity contribution in [2.45, 2.75) is 58.3 Å². The van der Waals surface area contributed by atoms with E-state index in [9.17, 15) is 0 Å². The number of nitriles is 1. The first-order valence-electron chi connectivity index (χ1n) is 5.85. The van der Waals surface area contributed by atoms with Gasteiger partial charge in [-0.05, 0) is 25.7 Å². The molecule has 0 spiro atoms. The molecule has 0 aliphatic heterocycles. The maximum Gasteiger partial charge on any atom is 0.0655 e. The second-order valence-corrected chi connectivity index (χ2v) is 3.89. The summed E-state index contributed by atoms with van der Waals surface area (Å²) in [4.78, 5) is 0. The molecule has 0 saturated carbocycles. The maximum absolute atomic E-state index is 8.89. The summed E-state index contributed by atoms with van der Waals surface area (Å²) >= 11 is 0. The number of rotatable bonds is 9. The molecule has 0 radical (unpaired) electrons. The molecule has 0 aromatic heterocycles. The van der Waals surface area contributed by atoms with Crippen molar-refractivity contribution >= 4 is 0 Å². The fraction of sp³-hybridized carbons (Fsp3) is 0.769. The van der Waals surface area contributed by atoms with Crippen LogP contribution in [0, 0.1) is 17.2 Å². The van der Waals surface area contributed by atoms with Gasteiger partial charge < -0.3 is 0 Å². The fourth-order valence-corrected chi connectivity index (χ4v) is 1.58. The third kappa shape index (κ3) is 7.86. The molecule has 80 valence electrons. The van der Waals surface area contributed by atoms with Gasteiger partial charge in [-0.3, -0.25) is 0 Å². The van der Waals surface area contributed by atoms with Gasteiger partial charge in [0.1, 0.15) is 0 Å². The minimum absolute atomic E-state index is 0.304. The lowest BCUT2D eigenvalue weighted by atomic mass is 9.97. The number of unbranched alkanes of at least 4 members (excludes halogenated alkanes) is 4. The highest BCUT2D eigenvalue weighted by Gasteiger charge is 2.05. The minimum atomic E-state index is 0.304. The molecular weight excluding hydrogens is 170 g/mol. The van der Waals surface area contributed by atoms with Crippen molar-refractivity contribution in [3.63, 3.8) is 0 Å². The van der Waals surface area contributed by atoms with Crippen LogP contribution < -0.4 is 0 Å². The van der Waals surface area contributed by atoms with Gasteiger partial charge in [-0.1, -0.05) is 38.7 Å². The predicted molar refractivity (Wildman–Crippen MR) is 61.9 cm³/mol. The Hall–Kier alpha value is -0.770. The van der Waals surface area contributed by atoms with E-state index in [1.165, 1.54) is 32.1 Å². The Morgan fingerprint density at radius 1 is 1.21 bits per heavy atom. The quantitative estimate of drug-likeness (QED) is 0.392. The van der Waals surface area contributed by atoms with E-state index in [-0.39, 0.29) is 0 Å². The van der Waals surface area contributed by atoms with Crippen LogP contribution in [0.2, 0.25) is 0 Å². The monoisotopic (exact) mass is 193 g/mol. The van der Waals surface area contributed by atoms with Crippen LogP contribution in [0.3, 0.4) is 0 Å². The van der Waals surface area contributed by atoms with Gasteiger partial charge in [-0.25, -0.2) is 0 Å². The Morgan fingerprint density at radius 2 is 1.93 bits per heavy atom. The smallest absolute Gasteiger partial charge is 0.0655 e. The summed E-state index contributed by atoms with van der Waals surface area (Å²) in [5.41, 5.74) is 0. The van der Waals surface area contributed by atoms with E-state index >= 15 is 0 Å². The highest BCUT2D eigenvalue weighted by molar-refractivity contribution is 4.82. The lowest BCUT2D eigenvalue weighted by molar-refractivity contribution is 0.494. The van der Waals surface area contributed by atoms with Gasteiger partial charge in [-0.15, -0.1) is 6.58 Å². The lowest BCUT2D eigenvalue weighted by Crippen LogP contribution is -1.96. The van der Waals surface area contributed by atoms with Gasteiger partial charge in [0.25, 0.3) is 0 Å². The van der Waals surface area contributed by atoms with Gasteiger partial charge in [0.05, 0.1) is 6.07 Å². The summed E-state index contributed by atoms with van der Waals surface area (Å²) in [5, 5.41) is 8.89. The molecule has 1 heteroatoms. The Bertz CT molecular complexity index is 167. The minimum Gasteiger partial charge on any atom is -0.198 e. The Labute approximate surface area is 88.8 Å². The van der Waals surface area contributed by atoms with Crippen LogP contribution in [0.15, 0.2) is 12.7 Å². The highest BCUT2D eigenvalue weighted by Crippen LogP contribution is 2.16. The number of nitrogens with zero attached hydrogens (tertiary/aromatic N) is 1. The molecule has 1 unspecified atom stereocenters. The summed E-state index contributed by atoms with van der Waals surface area (Å²) in [7, 11) is 0. The van der Waals surface area contributed by atoms with Gasteiger partial charge >= 0.3 is 0 Å². The normalized spacial score (nSPS) is 12.0. The zero-order chi connectivity index (χ0) is 10.6. The highest BCUT2D eigenvalue weighted by atomic mass is 14.3. The molecule has 1 nitrogen and oxygen atoms in total.